The number of aliphatic hydroxyl groups excluding tert-OH is 1. The summed E-state index contributed by atoms with van der Waals surface area (Å²) in [5.74, 6) is 0. The van der Waals surface area contributed by atoms with Crippen molar-refractivity contribution in [3.63, 3.8) is 0 Å². The third kappa shape index (κ3) is 7.71. The molecule has 1 rings (SSSR count). The zero-order valence-corrected chi connectivity index (χ0v) is 13.6. The Bertz CT molecular complexity index is 439. The van der Waals surface area contributed by atoms with Crippen molar-refractivity contribution in [2.75, 3.05) is 13.1 Å². The average Bonchev–Trinajstić information content (AvgIpc) is 2.37. The Kier molecular flexibility index (Phi) is 6.69. The maximum Gasteiger partial charge on any atom is 0.314 e. The Morgan fingerprint density at radius 2 is 1.86 bits per heavy atom. The van der Waals surface area contributed by atoms with Crippen molar-refractivity contribution in [1.82, 2.24) is 10.6 Å². The molecule has 0 aromatic heterocycles. The van der Waals surface area contributed by atoms with Crippen LogP contribution in [0.25, 0.3) is 0 Å². The van der Waals surface area contributed by atoms with E-state index in [0.717, 1.165) is 6.42 Å². The van der Waals surface area contributed by atoms with Crippen LogP contribution in [-0.2, 0) is 6.42 Å². The quantitative estimate of drug-likeness (QED) is 0.723. The lowest BCUT2D eigenvalue weighted by molar-refractivity contribution is 0.129. The Morgan fingerprint density at radius 1 is 1.24 bits per heavy atom. The molecule has 0 bridgehead atoms. The minimum Gasteiger partial charge on any atom is -0.393 e. The maximum absolute atomic E-state index is 11.7. The van der Waals surface area contributed by atoms with Gasteiger partial charge in [0, 0.05) is 13.1 Å². The summed E-state index contributed by atoms with van der Waals surface area (Å²) < 4.78 is 0. The van der Waals surface area contributed by atoms with Crippen molar-refractivity contribution < 1.29 is 9.90 Å². The molecule has 0 fully saturated rings. The Balaban J connectivity index is 2.23. The summed E-state index contributed by atoms with van der Waals surface area (Å²) in [7, 11) is 0. The molecular formula is C17H28N2O2. The molecule has 0 saturated heterocycles. The van der Waals surface area contributed by atoms with Crippen LogP contribution in [0, 0.1) is 12.3 Å². The first-order valence-corrected chi connectivity index (χ1v) is 7.54. The SMILES string of the molecule is Cc1ccc(CCNC(=O)NCC(C)(C)CC(C)O)cc1. The van der Waals surface area contributed by atoms with Crippen molar-refractivity contribution in [3.05, 3.63) is 35.4 Å². The van der Waals surface area contributed by atoms with E-state index < -0.39 is 0 Å². The van der Waals surface area contributed by atoms with E-state index >= 15 is 0 Å². The number of hydrogen-bond donors (Lipinski definition) is 3. The van der Waals surface area contributed by atoms with Crippen molar-refractivity contribution in [2.45, 2.75) is 46.6 Å². The molecule has 2 amide bonds. The zero-order valence-electron chi connectivity index (χ0n) is 13.6. The van der Waals surface area contributed by atoms with Crippen LogP contribution in [0.1, 0.15) is 38.3 Å². The molecule has 0 spiro atoms. The molecule has 4 heteroatoms. The van der Waals surface area contributed by atoms with E-state index in [-0.39, 0.29) is 17.6 Å². The van der Waals surface area contributed by atoms with Gasteiger partial charge in [-0.15, -0.1) is 0 Å². The molecule has 0 aliphatic rings. The number of hydrogen-bond acceptors (Lipinski definition) is 2. The fourth-order valence-corrected chi connectivity index (χ4v) is 2.33. The highest BCUT2D eigenvalue weighted by atomic mass is 16.3. The topological polar surface area (TPSA) is 61.4 Å². The van der Waals surface area contributed by atoms with E-state index in [0.29, 0.717) is 19.5 Å². The van der Waals surface area contributed by atoms with Crippen LogP contribution in [-0.4, -0.2) is 30.3 Å². The van der Waals surface area contributed by atoms with Crippen LogP contribution in [0.15, 0.2) is 24.3 Å². The molecule has 1 aromatic rings. The summed E-state index contributed by atoms with van der Waals surface area (Å²) in [6.07, 6.45) is 1.13. The minimum absolute atomic E-state index is 0.109. The summed E-state index contributed by atoms with van der Waals surface area (Å²) in [5.41, 5.74) is 2.35. The van der Waals surface area contributed by atoms with E-state index in [1.165, 1.54) is 11.1 Å². The van der Waals surface area contributed by atoms with Gasteiger partial charge < -0.3 is 15.7 Å². The Morgan fingerprint density at radius 3 is 2.43 bits per heavy atom. The van der Waals surface area contributed by atoms with Gasteiger partial charge >= 0.3 is 6.03 Å². The van der Waals surface area contributed by atoms with Crippen LogP contribution in [0.5, 0.6) is 0 Å². The molecule has 118 valence electrons. The molecule has 21 heavy (non-hydrogen) atoms. The molecule has 1 atom stereocenters. The molecule has 0 radical (unpaired) electrons. The normalized spacial score (nSPS) is 12.8. The summed E-state index contributed by atoms with van der Waals surface area (Å²) in [4.78, 5) is 11.7. The van der Waals surface area contributed by atoms with Gasteiger partial charge in [0.15, 0.2) is 0 Å². The van der Waals surface area contributed by atoms with E-state index in [9.17, 15) is 9.90 Å². The number of aliphatic hydroxyl groups is 1. The van der Waals surface area contributed by atoms with Crippen LogP contribution < -0.4 is 10.6 Å². The standard InChI is InChI=1S/C17H28N2O2/c1-13-5-7-15(8-6-13)9-10-18-16(21)19-12-17(3,4)11-14(2)20/h5-8,14,20H,9-12H2,1-4H3,(H2,18,19,21). The molecule has 0 aliphatic heterocycles. The molecule has 1 aromatic carbocycles. The van der Waals surface area contributed by atoms with Gasteiger partial charge in [-0.1, -0.05) is 43.7 Å². The van der Waals surface area contributed by atoms with Crippen molar-refractivity contribution in [1.29, 1.82) is 0 Å². The minimum atomic E-state index is -0.355. The highest BCUT2D eigenvalue weighted by molar-refractivity contribution is 5.73. The van der Waals surface area contributed by atoms with Crippen LogP contribution >= 0.6 is 0 Å². The van der Waals surface area contributed by atoms with E-state index in [1.807, 2.05) is 13.8 Å². The Hall–Kier alpha value is -1.55. The number of urea groups is 1. The smallest absolute Gasteiger partial charge is 0.314 e. The van der Waals surface area contributed by atoms with Crippen LogP contribution in [0.3, 0.4) is 0 Å². The van der Waals surface area contributed by atoms with Gasteiger partial charge in [0.25, 0.3) is 0 Å². The fourth-order valence-electron chi connectivity index (χ4n) is 2.33. The molecule has 0 heterocycles. The van der Waals surface area contributed by atoms with Gasteiger partial charge in [0.1, 0.15) is 0 Å². The van der Waals surface area contributed by atoms with E-state index in [1.54, 1.807) is 6.92 Å². The number of carbonyl (C=O) groups excluding carboxylic acids is 1. The number of benzene rings is 1. The molecule has 3 N–H and O–H groups in total. The number of amides is 2. The molecule has 4 nitrogen and oxygen atoms in total. The number of rotatable bonds is 7. The summed E-state index contributed by atoms with van der Waals surface area (Å²) in [6.45, 7) is 9.06. The largest absolute Gasteiger partial charge is 0.393 e. The van der Waals surface area contributed by atoms with Gasteiger partial charge in [-0.2, -0.15) is 0 Å². The second-order valence-electron chi connectivity index (χ2n) is 6.56. The van der Waals surface area contributed by atoms with Gasteiger partial charge in [-0.3, -0.25) is 0 Å². The lowest BCUT2D eigenvalue weighted by Gasteiger charge is -2.26. The van der Waals surface area contributed by atoms with E-state index in [2.05, 4.69) is 41.8 Å². The third-order valence-electron chi connectivity index (χ3n) is 3.40. The highest BCUT2D eigenvalue weighted by Gasteiger charge is 2.20. The first kappa shape index (κ1) is 17.5. The van der Waals surface area contributed by atoms with Crippen molar-refractivity contribution >= 4 is 6.03 Å². The Labute approximate surface area is 128 Å². The van der Waals surface area contributed by atoms with Crippen molar-refractivity contribution in [2.24, 2.45) is 5.41 Å². The number of nitrogens with one attached hydrogen (secondary N) is 2. The fraction of sp³-hybridized carbons (Fsp3) is 0.588. The van der Waals surface area contributed by atoms with Gasteiger partial charge in [0.05, 0.1) is 6.10 Å². The number of aryl methyl sites for hydroxylation is 1. The van der Waals surface area contributed by atoms with Crippen molar-refractivity contribution in [3.8, 4) is 0 Å². The lowest BCUT2D eigenvalue weighted by atomic mass is 9.87. The number of carbonyl (C=O) groups is 1. The van der Waals surface area contributed by atoms with Gasteiger partial charge in [-0.25, -0.2) is 4.79 Å². The van der Waals surface area contributed by atoms with E-state index in [4.69, 9.17) is 0 Å². The predicted molar refractivity (Wildman–Crippen MR) is 86.4 cm³/mol. The second kappa shape index (κ2) is 8.03. The molecule has 0 aliphatic carbocycles. The van der Waals surface area contributed by atoms with Gasteiger partial charge in [0.2, 0.25) is 0 Å². The maximum atomic E-state index is 11.7. The summed E-state index contributed by atoms with van der Waals surface area (Å²) in [5, 5.41) is 15.1. The average molecular weight is 292 g/mol. The first-order valence-electron chi connectivity index (χ1n) is 7.54. The summed E-state index contributed by atoms with van der Waals surface area (Å²) >= 11 is 0. The first-order chi connectivity index (χ1) is 9.78. The molecule has 1 unspecified atom stereocenters. The monoisotopic (exact) mass is 292 g/mol. The second-order valence-corrected chi connectivity index (χ2v) is 6.56. The molecular weight excluding hydrogens is 264 g/mol. The zero-order chi connectivity index (χ0) is 15.9. The predicted octanol–water partition coefficient (Wildman–Crippen LogP) is 2.63. The molecule has 0 saturated carbocycles. The summed E-state index contributed by atoms with van der Waals surface area (Å²) in [6, 6.07) is 8.17. The van der Waals surface area contributed by atoms with Gasteiger partial charge in [-0.05, 0) is 37.7 Å². The lowest BCUT2D eigenvalue weighted by Crippen LogP contribution is -2.42. The third-order valence-corrected chi connectivity index (χ3v) is 3.40. The van der Waals surface area contributed by atoms with Crippen LogP contribution in [0.4, 0.5) is 4.79 Å². The van der Waals surface area contributed by atoms with Crippen LogP contribution in [0.2, 0.25) is 0 Å². The highest BCUT2D eigenvalue weighted by Crippen LogP contribution is 2.20.